The van der Waals surface area contributed by atoms with Crippen LogP contribution in [-0.4, -0.2) is 36.1 Å². The molecular weight excluding hydrogens is 446 g/mol. The highest BCUT2D eigenvalue weighted by molar-refractivity contribution is 6.32. The first-order valence-electron chi connectivity index (χ1n) is 9.92. The Kier molecular flexibility index (Phi) is 6.77. The second kappa shape index (κ2) is 10.1. The second-order valence-corrected chi connectivity index (χ2v) is 7.35. The zero-order valence-corrected chi connectivity index (χ0v) is 18.7. The second-order valence-electron chi connectivity index (χ2n) is 6.95. The van der Waals surface area contributed by atoms with Crippen molar-refractivity contribution < 1.29 is 14.3 Å². The maximum Gasteiger partial charge on any atom is 0.323 e. The number of urea groups is 1. The molecule has 1 aliphatic rings. The van der Waals surface area contributed by atoms with E-state index in [0.29, 0.717) is 34.4 Å². The summed E-state index contributed by atoms with van der Waals surface area (Å²) in [5, 5.41) is 12.1. The number of rotatable bonds is 7. The molecule has 3 aromatic rings. The van der Waals surface area contributed by atoms with Gasteiger partial charge in [-0.2, -0.15) is 0 Å². The Morgan fingerprint density at radius 1 is 1.06 bits per heavy atom. The summed E-state index contributed by atoms with van der Waals surface area (Å²) < 4.78 is 10.5. The number of hydrogen-bond acceptors (Lipinski definition) is 8. The lowest BCUT2D eigenvalue weighted by Gasteiger charge is -2.19. The monoisotopic (exact) mass is 467 g/mol. The van der Waals surface area contributed by atoms with Crippen molar-refractivity contribution in [1.29, 1.82) is 0 Å². The molecule has 170 valence electrons. The molecule has 2 aromatic carbocycles. The maximum atomic E-state index is 12.6. The number of pyridine rings is 1. The van der Waals surface area contributed by atoms with E-state index < -0.39 is 6.03 Å². The molecule has 1 aromatic heterocycles. The summed E-state index contributed by atoms with van der Waals surface area (Å²) in [7, 11) is 3.01. The number of ether oxygens (including phenoxy) is 2. The molecule has 10 nitrogen and oxygen atoms in total. The van der Waals surface area contributed by atoms with Crippen molar-refractivity contribution in [3.63, 3.8) is 0 Å². The van der Waals surface area contributed by atoms with Crippen LogP contribution in [0.4, 0.5) is 16.2 Å². The molecule has 4 N–H and O–H groups in total. The van der Waals surface area contributed by atoms with Crippen molar-refractivity contribution in [2.45, 2.75) is 6.54 Å². The van der Waals surface area contributed by atoms with Crippen LogP contribution in [0.2, 0.25) is 5.02 Å². The minimum absolute atomic E-state index is 0.356. The first-order valence-corrected chi connectivity index (χ1v) is 10.3. The summed E-state index contributed by atoms with van der Waals surface area (Å²) >= 11 is 6.18. The fourth-order valence-electron chi connectivity index (χ4n) is 3.26. The van der Waals surface area contributed by atoms with E-state index in [1.54, 1.807) is 30.6 Å². The first kappa shape index (κ1) is 22.2. The van der Waals surface area contributed by atoms with E-state index in [9.17, 15) is 4.79 Å². The van der Waals surface area contributed by atoms with Crippen LogP contribution in [0.1, 0.15) is 11.1 Å². The fraction of sp³-hybridized carbons (Fsp3) is 0.136. The lowest BCUT2D eigenvalue weighted by Crippen LogP contribution is -2.40. The summed E-state index contributed by atoms with van der Waals surface area (Å²) in [5.74, 6) is 1.61. The normalized spacial score (nSPS) is 12.6. The van der Waals surface area contributed by atoms with Gasteiger partial charge in [0, 0.05) is 29.7 Å². The zero-order chi connectivity index (χ0) is 23.2. The molecule has 11 heteroatoms. The van der Waals surface area contributed by atoms with Crippen molar-refractivity contribution in [2.75, 3.05) is 24.9 Å². The van der Waals surface area contributed by atoms with Crippen molar-refractivity contribution in [2.24, 2.45) is 5.10 Å². The van der Waals surface area contributed by atoms with Crippen molar-refractivity contribution >= 4 is 34.8 Å². The molecule has 0 bridgehead atoms. The van der Waals surface area contributed by atoms with Crippen molar-refractivity contribution in [3.8, 4) is 11.5 Å². The number of aromatic nitrogens is 1. The van der Waals surface area contributed by atoms with Gasteiger partial charge in [-0.25, -0.2) is 10.3 Å². The summed E-state index contributed by atoms with van der Waals surface area (Å²) in [5.41, 5.74) is 8.68. The van der Waals surface area contributed by atoms with Crippen LogP contribution >= 0.6 is 11.6 Å². The van der Waals surface area contributed by atoms with Gasteiger partial charge in [0.05, 0.1) is 31.5 Å². The molecule has 0 unspecified atom stereocenters. The third-order valence-corrected chi connectivity index (χ3v) is 5.08. The lowest BCUT2D eigenvalue weighted by atomic mass is 10.1. The smallest absolute Gasteiger partial charge is 0.323 e. The number of hydrogen-bond donors (Lipinski definition) is 4. The number of methoxy groups -OCH3 is 2. The van der Waals surface area contributed by atoms with Crippen LogP contribution in [0.25, 0.3) is 0 Å². The molecule has 2 heterocycles. The predicted molar refractivity (Wildman–Crippen MR) is 126 cm³/mol. The third-order valence-electron chi connectivity index (χ3n) is 4.79. The van der Waals surface area contributed by atoms with E-state index in [1.807, 2.05) is 35.3 Å². The Morgan fingerprint density at radius 3 is 2.61 bits per heavy atom. The van der Waals surface area contributed by atoms with Crippen LogP contribution in [0.3, 0.4) is 0 Å². The first-order chi connectivity index (χ1) is 16.1. The summed E-state index contributed by atoms with van der Waals surface area (Å²) in [6.07, 6.45) is 3.42. The number of nitrogens with one attached hydrogen (secondary N) is 4. The van der Waals surface area contributed by atoms with Crippen LogP contribution in [0, 0.1) is 0 Å². The number of anilines is 2. The number of halogens is 1. The SMILES string of the molecule is COc1cc(OC)c(NC(=O)Nc2cccc(CN3NNN=C3c3ccncc3)c2)cc1Cl. The van der Waals surface area contributed by atoms with E-state index in [1.165, 1.54) is 14.2 Å². The van der Waals surface area contributed by atoms with Crippen molar-refractivity contribution in [3.05, 3.63) is 77.1 Å². The van der Waals surface area contributed by atoms with Gasteiger partial charge in [-0.15, -0.1) is 10.6 Å². The Balaban J connectivity index is 1.43. The van der Waals surface area contributed by atoms with E-state index in [0.717, 1.165) is 17.0 Å². The quantitative estimate of drug-likeness (QED) is 0.420. The molecule has 0 radical (unpaired) electrons. The molecule has 0 fully saturated rings. The van der Waals surface area contributed by atoms with Crippen LogP contribution < -0.4 is 31.2 Å². The highest BCUT2D eigenvalue weighted by Crippen LogP contribution is 2.35. The average Bonchev–Trinajstić information content (AvgIpc) is 3.28. The molecule has 1 aliphatic heterocycles. The van der Waals surface area contributed by atoms with E-state index in [4.69, 9.17) is 21.1 Å². The van der Waals surface area contributed by atoms with Gasteiger partial charge < -0.3 is 20.1 Å². The maximum absolute atomic E-state index is 12.6. The molecule has 0 spiro atoms. The van der Waals surface area contributed by atoms with Gasteiger partial charge >= 0.3 is 6.03 Å². The van der Waals surface area contributed by atoms with Gasteiger partial charge in [0.15, 0.2) is 5.84 Å². The highest BCUT2D eigenvalue weighted by atomic mass is 35.5. The van der Waals surface area contributed by atoms with Gasteiger partial charge in [-0.3, -0.25) is 9.99 Å². The molecule has 0 aliphatic carbocycles. The van der Waals surface area contributed by atoms with E-state index in [-0.39, 0.29) is 0 Å². The van der Waals surface area contributed by atoms with Crippen LogP contribution in [0.5, 0.6) is 11.5 Å². The molecule has 4 rings (SSSR count). The Hall–Kier alpha value is -4.02. The van der Waals surface area contributed by atoms with Gasteiger partial charge in [0.25, 0.3) is 0 Å². The molecule has 0 atom stereocenters. The highest BCUT2D eigenvalue weighted by Gasteiger charge is 2.19. The minimum atomic E-state index is -0.438. The molecule has 0 saturated heterocycles. The van der Waals surface area contributed by atoms with Crippen LogP contribution in [0.15, 0.2) is 66.0 Å². The van der Waals surface area contributed by atoms with Gasteiger partial charge in [-0.05, 0) is 35.9 Å². The molecule has 0 saturated carbocycles. The zero-order valence-electron chi connectivity index (χ0n) is 17.9. The number of carbonyl (C=O) groups excluding carboxylic acids is 1. The average molecular weight is 468 g/mol. The topological polar surface area (TPSA) is 112 Å². The Morgan fingerprint density at radius 2 is 1.85 bits per heavy atom. The lowest BCUT2D eigenvalue weighted by molar-refractivity contribution is 0.262. The number of nitrogens with zero attached hydrogens (tertiary/aromatic N) is 3. The van der Waals surface area contributed by atoms with Gasteiger partial charge in [0.2, 0.25) is 0 Å². The molecular formula is C22H22ClN7O3. The number of amides is 2. The largest absolute Gasteiger partial charge is 0.495 e. The number of benzene rings is 2. The minimum Gasteiger partial charge on any atom is -0.495 e. The summed E-state index contributed by atoms with van der Waals surface area (Å²) in [6.45, 7) is 0.507. The van der Waals surface area contributed by atoms with Crippen molar-refractivity contribution in [1.82, 2.24) is 21.1 Å². The fourth-order valence-corrected chi connectivity index (χ4v) is 3.50. The standard InChI is InChI=1S/C22H22ClN7O3/c1-32-19-12-20(33-2)18(11-17(19)23)26-22(31)25-16-5-3-4-14(10-16)13-30-21(27-28-29-30)15-6-8-24-9-7-15/h3-12,28-29H,13H2,1-2H3,(H2,25,26,31). The number of amidine groups is 1. The number of carbonyl (C=O) groups is 1. The molecule has 2 amide bonds. The predicted octanol–water partition coefficient (Wildman–Crippen LogP) is 3.58. The van der Waals surface area contributed by atoms with E-state index >= 15 is 0 Å². The Bertz CT molecular complexity index is 1170. The summed E-state index contributed by atoms with van der Waals surface area (Å²) in [6, 6.07) is 14.0. The summed E-state index contributed by atoms with van der Waals surface area (Å²) in [4.78, 5) is 16.6. The van der Waals surface area contributed by atoms with Gasteiger partial charge in [0.1, 0.15) is 11.5 Å². The Labute approximate surface area is 195 Å². The number of hydrazine groups is 2. The van der Waals surface area contributed by atoms with Gasteiger partial charge in [-0.1, -0.05) is 23.7 Å². The number of hydrazone groups is 1. The van der Waals surface area contributed by atoms with E-state index in [2.05, 4.69) is 31.8 Å². The molecule has 33 heavy (non-hydrogen) atoms. The third kappa shape index (κ3) is 5.25. The van der Waals surface area contributed by atoms with Crippen LogP contribution in [-0.2, 0) is 6.54 Å².